The molecule has 1 aromatic heterocycles. The van der Waals surface area contributed by atoms with Crippen LogP contribution >= 0.6 is 11.6 Å². The molecule has 0 amide bonds. The Hall–Kier alpha value is -0.716. The zero-order chi connectivity index (χ0) is 26.3. The van der Waals surface area contributed by atoms with Gasteiger partial charge < -0.3 is 13.6 Å². The van der Waals surface area contributed by atoms with Crippen LogP contribution in [0.3, 0.4) is 0 Å². The van der Waals surface area contributed by atoms with Crippen LogP contribution in [-0.4, -0.2) is 49.9 Å². The second-order valence-electron chi connectivity index (χ2n) is 12.6. The molecule has 1 N–H and O–H groups in total. The van der Waals surface area contributed by atoms with E-state index in [2.05, 4.69) is 79.6 Å². The van der Waals surface area contributed by atoms with E-state index in [9.17, 15) is 9.59 Å². The highest BCUT2D eigenvalue weighted by Gasteiger charge is 2.59. The van der Waals surface area contributed by atoms with E-state index in [-0.39, 0.29) is 10.1 Å². The number of H-pyrrole nitrogens is 1. The number of alkyl halides is 1. The molecule has 1 saturated heterocycles. The highest BCUT2D eigenvalue weighted by Crippen LogP contribution is 2.49. The minimum absolute atomic E-state index is 0.0322. The Balaban J connectivity index is 2.58. The van der Waals surface area contributed by atoms with Crippen LogP contribution in [0.15, 0.2) is 21.9 Å². The summed E-state index contributed by atoms with van der Waals surface area (Å²) in [6.07, 6.45) is 1.72. The van der Waals surface area contributed by atoms with Crippen LogP contribution in [0, 0.1) is 0 Å². The SMILES string of the molecule is CCC[C@]1(CO[Si](C)(C)C(C)(C)C)O[C@@H](n2ccc(=O)[nH]c2=O)[C@@H](Cl)[C@@H]1O[Si](C)(C)C(C)(C)C. The van der Waals surface area contributed by atoms with E-state index in [0.717, 1.165) is 6.42 Å². The highest BCUT2D eigenvalue weighted by molar-refractivity contribution is 6.74. The summed E-state index contributed by atoms with van der Waals surface area (Å²) >= 11 is 7.08. The van der Waals surface area contributed by atoms with Gasteiger partial charge in [0.1, 0.15) is 11.0 Å². The number of hydrogen-bond donors (Lipinski definition) is 1. The third-order valence-corrected chi connectivity index (χ3v) is 17.3. The molecule has 1 aliphatic heterocycles. The van der Waals surface area contributed by atoms with Crippen LogP contribution < -0.4 is 11.2 Å². The van der Waals surface area contributed by atoms with Gasteiger partial charge in [0, 0.05) is 12.3 Å². The molecule has 0 aromatic carbocycles. The molecule has 10 heteroatoms. The van der Waals surface area contributed by atoms with Crippen molar-refractivity contribution in [2.45, 2.75) is 121 Å². The van der Waals surface area contributed by atoms with Crippen molar-refractivity contribution in [2.24, 2.45) is 0 Å². The normalized spacial score (nSPS) is 26.8. The van der Waals surface area contributed by atoms with Crippen LogP contribution in [0.2, 0.25) is 36.3 Å². The lowest BCUT2D eigenvalue weighted by Crippen LogP contribution is -2.56. The Kier molecular flexibility index (Phi) is 8.66. The standard InChI is InChI=1S/C24H45ClN2O5Si2/c1-12-14-24(16-30-33(8,9)22(2,3)4)19(32-34(10,11)23(5,6)7)18(25)20(31-24)27-15-13-17(28)26-21(27)29/h13,15,18-20H,12,14,16H2,1-11H3,(H,26,28,29)/t18-,19-,20+,24+/m0/s1. The third-order valence-electron chi connectivity index (χ3n) is 7.95. The van der Waals surface area contributed by atoms with Crippen molar-refractivity contribution in [1.29, 1.82) is 0 Å². The first-order valence-corrected chi connectivity index (χ1v) is 18.5. The van der Waals surface area contributed by atoms with E-state index in [4.69, 9.17) is 25.2 Å². The maximum Gasteiger partial charge on any atom is 0.330 e. The Morgan fingerprint density at radius 2 is 1.65 bits per heavy atom. The van der Waals surface area contributed by atoms with Crippen molar-refractivity contribution in [1.82, 2.24) is 9.55 Å². The lowest BCUT2D eigenvalue weighted by molar-refractivity contribution is -0.127. The first-order valence-electron chi connectivity index (χ1n) is 12.2. The van der Waals surface area contributed by atoms with Gasteiger partial charge in [-0.3, -0.25) is 14.3 Å². The van der Waals surface area contributed by atoms with Crippen LogP contribution in [0.4, 0.5) is 0 Å². The molecule has 4 atom stereocenters. The largest absolute Gasteiger partial charge is 0.414 e. The molecule has 0 spiro atoms. The summed E-state index contributed by atoms with van der Waals surface area (Å²) in [5.41, 5.74) is -1.82. The van der Waals surface area contributed by atoms with E-state index in [1.807, 2.05) is 0 Å². The molecule has 2 heterocycles. The number of halogens is 1. The highest BCUT2D eigenvalue weighted by atomic mass is 35.5. The number of ether oxygens (including phenoxy) is 1. The summed E-state index contributed by atoms with van der Waals surface area (Å²) in [5, 5.41) is -0.633. The summed E-state index contributed by atoms with van der Waals surface area (Å²) in [4.78, 5) is 26.6. The van der Waals surface area contributed by atoms with Crippen LogP contribution in [0.5, 0.6) is 0 Å². The second kappa shape index (κ2) is 9.97. The minimum Gasteiger partial charge on any atom is -0.414 e. The fourth-order valence-electron chi connectivity index (χ4n) is 3.65. The van der Waals surface area contributed by atoms with Crippen LogP contribution in [0.1, 0.15) is 67.5 Å². The van der Waals surface area contributed by atoms with Gasteiger partial charge in [-0.1, -0.05) is 54.9 Å². The van der Waals surface area contributed by atoms with Gasteiger partial charge in [-0.15, -0.1) is 11.6 Å². The number of aromatic amines is 1. The van der Waals surface area contributed by atoms with E-state index in [0.29, 0.717) is 13.0 Å². The Bertz CT molecular complexity index is 964. The average molecular weight is 533 g/mol. The molecule has 0 radical (unpaired) electrons. The van der Waals surface area contributed by atoms with E-state index in [1.54, 1.807) is 0 Å². The van der Waals surface area contributed by atoms with Gasteiger partial charge in [0.05, 0.1) is 12.7 Å². The lowest BCUT2D eigenvalue weighted by Gasteiger charge is -2.45. The van der Waals surface area contributed by atoms with Crippen molar-refractivity contribution >= 4 is 28.2 Å². The van der Waals surface area contributed by atoms with Gasteiger partial charge in [-0.05, 0) is 42.7 Å². The Morgan fingerprint density at radius 3 is 2.12 bits per heavy atom. The molecule has 196 valence electrons. The molecule has 0 aliphatic carbocycles. The summed E-state index contributed by atoms with van der Waals surface area (Å²) in [5.74, 6) is 0. The first-order chi connectivity index (χ1) is 15.3. The number of hydrogen-bond acceptors (Lipinski definition) is 5. The molecule has 2 rings (SSSR count). The van der Waals surface area contributed by atoms with Gasteiger partial charge in [0.25, 0.3) is 5.56 Å². The minimum atomic E-state index is -2.25. The molecule has 0 unspecified atom stereocenters. The number of aromatic nitrogens is 2. The van der Waals surface area contributed by atoms with E-state index < -0.39 is 51.2 Å². The monoisotopic (exact) mass is 532 g/mol. The molecule has 1 aliphatic rings. The average Bonchev–Trinajstić information content (AvgIpc) is 2.91. The lowest BCUT2D eigenvalue weighted by atomic mass is 9.92. The van der Waals surface area contributed by atoms with Gasteiger partial charge in [0.15, 0.2) is 22.9 Å². The predicted molar refractivity (Wildman–Crippen MR) is 144 cm³/mol. The molecule has 0 saturated carbocycles. The van der Waals surface area contributed by atoms with Crippen LogP contribution in [0.25, 0.3) is 0 Å². The molecule has 0 bridgehead atoms. The Labute approximate surface area is 211 Å². The van der Waals surface area contributed by atoms with Crippen molar-refractivity contribution in [3.8, 4) is 0 Å². The molecule has 1 fully saturated rings. The van der Waals surface area contributed by atoms with E-state index >= 15 is 0 Å². The fourth-order valence-corrected chi connectivity index (χ4v) is 6.58. The summed E-state index contributed by atoms with van der Waals surface area (Å²) in [6, 6.07) is 1.31. The summed E-state index contributed by atoms with van der Waals surface area (Å²) in [7, 11) is -4.35. The molecular formula is C24H45ClN2O5Si2. The summed E-state index contributed by atoms with van der Waals surface area (Å²) in [6.45, 7) is 24.5. The topological polar surface area (TPSA) is 82.5 Å². The molecule has 34 heavy (non-hydrogen) atoms. The van der Waals surface area contributed by atoms with Gasteiger partial charge >= 0.3 is 5.69 Å². The maximum atomic E-state index is 12.7. The van der Waals surface area contributed by atoms with Crippen molar-refractivity contribution in [2.75, 3.05) is 6.61 Å². The van der Waals surface area contributed by atoms with Gasteiger partial charge in [-0.2, -0.15) is 0 Å². The number of nitrogens with one attached hydrogen (secondary N) is 1. The fraction of sp³-hybridized carbons (Fsp3) is 0.833. The Morgan fingerprint density at radius 1 is 1.09 bits per heavy atom. The summed E-state index contributed by atoms with van der Waals surface area (Å²) < 4.78 is 21.7. The zero-order valence-corrected chi connectivity index (χ0v) is 25.6. The molecule has 1 aromatic rings. The predicted octanol–water partition coefficient (Wildman–Crippen LogP) is 5.62. The van der Waals surface area contributed by atoms with Crippen molar-refractivity contribution < 1.29 is 13.6 Å². The first kappa shape index (κ1) is 29.5. The maximum absolute atomic E-state index is 12.7. The second-order valence-corrected chi connectivity index (χ2v) is 22.7. The van der Waals surface area contributed by atoms with Crippen LogP contribution in [-0.2, 0) is 13.6 Å². The zero-order valence-electron chi connectivity index (χ0n) is 22.9. The molecule has 7 nitrogen and oxygen atoms in total. The van der Waals surface area contributed by atoms with Gasteiger partial charge in [-0.25, -0.2) is 4.79 Å². The number of nitrogens with zero attached hydrogens (tertiary/aromatic N) is 1. The quantitative estimate of drug-likeness (QED) is 0.347. The van der Waals surface area contributed by atoms with Gasteiger partial charge in [0.2, 0.25) is 0 Å². The van der Waals surface area contributed by atoms with Crippen molar-refractivity contribution in [3.63, 3.8) is 0 Å². The molecular weight excluding hydrogens is 488 g/mol. The number of rotatable bonds is 8. The smallest absolute Gasteiger partial charge is 0.330 e. The van der Waals surface area contributed by atoms with Crippen molar-refractivity contribution in [3.05, 3.63) is 33.1 Å². The van der Waals surface area contributed by atoms with E-state index in [1.165, 1.54) is 16.8 Å². The third kappa shape index (κ3) is 5.98.